The van der Waals surface area contributed by atoms with Gasteiger partial charge in [-0.2, -0.15) is 0 Å². The fraction of sp³-hybridized carbons (Fsp3) is 0.700. The summed E-state index contributed by atoms with van der Waals surface area (Å²) in [5.74, 6) is -3.78. The van der Waals surface area contributed by atoms with Crippen LogP contribution in [0.2, 0.25) is 0 Å². The SMILES string of the molecule is O=C(O)CN(CC(=O)O)CC(=O)O.OCCN1CC1. The minimum absolute atomic E-state index is 0.319. The second kappa shape index (κ2) is 9.25. The molecule has 0 unspecified atom stereocenters. The van der Waals surface area contributed by atoms with Crippen LogP contribution in [-0.2, 0) is 14.4 Å². The van der Waals surface area contributed by atoms with Crippen LogP contribution in [0.1, 0.15) is 0 Å². The number of β-amino-alcohol motifs (C(OH)–C–C–N with tert-alkyl or cyclic N) is 1. The molecule has 0 bridgehead atoms. The molecule has 0 amide bonds. The Hall–Kier alpha value is -1.71. The predicted octanol–water partition coefficient (Wildman–Crippen LogP) is -2.16. The maximum absolute atomic E-state index is 10.1. The van der Waals surface area contributed by atoms with Crippen LogP contribution < -0.4 is 0 Å². The Morgan fingerprint density at radius 2 is 1.26 bits per heavy atom. The fourth-order valence-corrected chi connectivity index (χ4v) is 1.18. The molecule has 0 atom stereocenters. The van der Waals surface area contributed by atoms with Crippen LogP contribution in [0.25, 0.3) is 0 Å². The summed E-state index contributed by atoms with van der Waals surface area (Å²) in [4.78, 5) is 33.4. The Labute approximate surface area is 109 Å². The van der Waals surface area contributed by atoms with E-state index in [4.69, 9.17) is 20.4 Å². The predicted molar refractivity (Wildman–Crippen MR) is 62.9 cm³/mol. The van der Waals surface area contributed by atoms with Gasteiger partial charge in [-0.25, -0.2) is 0 Å². The smallest absolute Gasteiger partial charge is 0.317 e. The summed E-state index contributed by atoms with van der Waals surface area (Å²) < 4.78 is 0. The number of hydrogen-bond donors (Lipinski definition) is 4. The van der Waals surface area contributed by atoms with Crippen molar-refractivity contribution in [2.24, 2.45) is 0 Å². The molecule has 0 radical (unpaired) electrons. The van der Waals surface area contributed by atoms with Gasteiger partial charge in [-0.05, 0) is 0 Å². The number of carbonyl (C=O) groups is 3. The molecule has 1 aliphatic rings. The molecule has 1 heterocycles. The van der Waals surface area contributed by atoms with E-state index in [1.54, 1.807) is 0 Å². The molecule has 4 N–H and O–H groups in total. The normalized spacial score (nSPS) is 13.6. The summed E-state index contributed by atoms with van der Waals surface area (Å²) in [5, 5.41) is 33.1. The van der Waals surface area contributed by atoms with Gasteiger partial charge in [0.25, 0.3) is 0 Å². The van der Waals surface area contributed by atoms with Gasteiger partial charge < -0.3 is 20.4 Å². The maximum atomic E-state index is 10.1. The molecule has 19 heavy (non-hydrogen) atoms. The molecule has 1 saturated heterocycles. The quantitative estimate of drug-likeness (QED) is 0.365. The van der Waals surface area contributed by atoms with Gasteiger partial charge in [0.1, 0.15) is 0 Å². The van der Waals surface area contributed by atoms with Crippen LogP contribution in [0, 0.1) is 0 Å². The van der Waals surface area contributed by atoms with E-state index in [-0.39, 0.29) is 0 Å². The van der Waals surface area contributed by atoms with Crippen LogP contribution in [0.5, 0.6) is 0 Å². The largest absolute Gasteiger partial charge is 0.480 e. The summed E-state index contributed by atoms with van der Waals surface area (Å²) in [6.45, 7) is 1.79. The molecule has 0 saturated carbocycles. The molecule has 0 aromatic heterocycles. The minimum atomic E-state index is -1.26. The number of hydrogen-bond acceptors (Lipinski definition) is 6. The van der Waals surface area contributed by atoms with E-state index in [0.29, 0.717) is 6.61 Å². The molecule has 0 aromatic carbocycles. The Kier molecular flexibility index (Phi) is 8.42. The van der Waals surface area contributed by atoms with Gasteiger partial charge in [-0.1, -0.05) is 0 Å². The first-order valence-electron chi connectivity index (χ1n) is 5.56. The van der Waals surface area contributed by atoms with Crippen molar-refractivity contribution in [2.45, 2.75) is 0 Å². The van der Waals surface area contributed by atoms with Gasteiger partial charge in [-0.3, -0.25) is 24.2 Å². The molecule has 110 valence electrons. The highest BCUT2D eigenvalue weighted by Gasteiger charge is 2.16. The van der Waals surface area contributed by atoms with Crippen molar-refractivity contribution >= 4 is 17.9 Å². The highest BCUT2D eigenvalue weighted by molar-refractivity contribution is 5.75. The van der Waals surface area contributed by atoms with Gasteiger partial charge in [-0.15, -0.1) is 0 Å². The molecule has 0 spiro atoms. The average Bonchev–Trinajstić information content (AvgIpc) is 2.99. The average molecular weight is 278 g/mol. The molecular weight excluding hydrogens is 260 g/mol. The standard InChI is InChI=1S/C6H9NO6.C4H9NO/c8-4(9)1-7(2-5(10)11)3-6(12)13;6-4-3-5-1-2-5/h1-3H2,(H,8,9)(H,10,11)(H,12,13);6H,1-4H2. The van der Waals surface area contributed by atoms with E-state index >= 15 is 0 Å². The third-order valence-electron chi connectivity index (χ3n) is 2.03. The molecule has 1 rings (SSSR count). The zero-order valence-corrected chi connectivity index (χ0v) is 10.4. The van der Waals surface area contributed by atoms with Crippen LogP contribution in [-0.4, -0.2) is 94.0 Å². The number of rotatable bonds is 8. The molecule has 1 aliphatic heterocycles. The number of aliphatic carboxylic acids is 3. The molecule has 9 nitrogen and oxygen atoms in total. The van der Waals surface area contributed by atoms with Gasteiger partial charge >= 0.3 is 17.9 Å². The molecule has 0 aromatic rings. The second-order valence-corrected chi connectivity index (χ2v) is 3.89. The summed E-state index contributed by atoms with van der Waals surface area (Å²) >= 11 is 0. The van der Waals surface area contributed by atoms with Gasteiger partial charge in [0.2, 0.25) is 0 Å². The van der Waals surface area contributed by atoms with Crippen molar-refractivity contribution in [3.63, 3.8) is 0 Å². The first-order chi connectivity index (χ1) is 8.85. The van der Waals surface area contributed by atoms with E-state index in [2.05, 4.69) is 4.90 Å². The van der Waals surface area contributed by atoms with E-state index < -0.39 is 37.5 Å². The van der Waals surface area contributed by atoms with Gasteiger partial charge in [0, 0.05) is 19.6 Å². The second-order valence-electron chi connectivity index (χ2n) is 3.89. The molecular formula is C10H18N2O7. The zero-order chi connectivity index (χ0) is 14.8. The Morgan fingerprint density at radius 1 is 0.895 bits per heavy atom. The zero-order valence-electron chi connectivity index (χ0n) is 10.4. The van der Waals surface area contributed by atoms with Gasteiger partial charge in [0.05, 0.1) is 26.2 Å². The van der Waals surface area contributed by atoms with Crippen LogP contribution in [0.3, 0.4) is 0 Å². The summed E-state index contributed by atoms with van der Waals surface area (Å²) in [5.41, 5.74) is 0. The third-order valence-corrected chi connectivity index (χ3v) is 2.03. The first-order valence-corrected chi connectivity index (χ1v) is 5.56. The maximum Gasteiger partial charge on any atom is 0.317 e. The first kappa shape index (κ1) is 17.3. The van der Waals surface area contributed by atoms with E-state index in [9.17, 15) is 14.4 Å². The van der Waals surface area contributed by atoms with Crippen molar-refractivity contribution in [3.8, 4) is 0 Å². The van der Waals surface area contributed by atoms with Crippen molar-refractivity contribution in [1.82, 2.24) is 9.80 Å². The molecule has 1 fully saturated rings. The highest BCUT2D eigenvalue weighted by Crippen LogP contribution is 1.99. The Morgan fingerprint density at radius 3 is 1.42 bits per heavy atom. The third kappa shape index (κ3) is 12.5. The number of nitrogens with zero attached hydrogens (tertiary/aromatic N) is 2. The topological polar surface area (TPSA) is 138 Å². The number of aliphatic hydroxyl groups excluding tert-OH is 1. The minimum Gasteiger partial charge on any atom is -0.480 e. The van der Waals surface area contributed by atoms with Crippen LogP contribution in [0.15, 0.2) is 0 Å². The lowest BCUT2D eigenvalue weighted by Gasteiger charge is -2.14. The van der Waals surface area contributed by atoms with E-state index in [1.807, 2.05) is 0 Å². The van der Waals surface area contributed by atoms with Crippen molar-refractivity contribution < 1.29 is 34.8 Å². The highest BCUT2D eigenvalue weighted by atomic mass is 16.4. The van der Waals surface area contributed by atoms with Crippen molar-refractivity contribution in [2.75, 3.05) is 45.9 Å². The van der Waals surface area contributed by atoms with Crippen molar-refractivity contribution in [3.05, 3.63) is 0 Å². The van der Waals surface area contributed by atoms with E-state index in [1.165, 1.54) is 13.1 Å². The lowest BCUT2D eigenvalue weighted by Crippen LogP contribution is -2.38. The molecule has 9 heteroatoms. The van der Waals surface area contributed by atoms with Gasteiger partial charge in [0.15, 0.2) is 0 Å². The van der Waals surface area contributed by atoms with Crippen molar-refractivity contribution in [1.29, 1.82) is 0 Å². The number of aliphatic hydroxyl groups is 1. The summed E-state index contributed by atoms with van der Waals surface area (Å²) in [6.07, 6.45) is 0. The summed E-state index contributed by atoms with van der Waals surface area (Å²) in [7, 11) is 0. The lowest BCUT2D eigenvalue weighted by molar-refractivity contribution is -0.144. The fourth-order valence-electron chi connectivity index (χ4n) is 1.18. The Balaban J connectivity index is 0.000000443. The monoisotopic (exact) mass is 278 g/mol. The number of carboxylic acid groups (broad SMARTS) is 3. The molecule has 0 aliphatic carbocycles. The van der Waals surface area contributed by atoms with E-state index in [0.717, 1.165) is 11.4 Å². The van der Waals surface area contributed by atoms with Crippen LogP contribution in [0.4, 0.5) is 0 Å². The number of carboxylic acids is 3. The Bertz CT molecular complexity index is 279. The van der Waals surface area contributed by atoms with Crippen LogP contribution >= 0.6 is 0 Å². The summed E-state index contributed by atoms with van der Waals surface area (Å²) in [6, 6.07) is 0. The lowest BCUT2D eigenvalue weighted by atomic mass is 10.4.